The fourth-order valence-electron chi connectivity index (χ4n) is 0.699. The molecule has 0 saturated heterocycles. The SMILES string of the molecule is C#Cc1cccc(NN)c1.Cl. The molecule has 0 saturated carbocycles. The topological polar surface area (TPSA) is 38.0 Å². The molecule has 0 unspecified atom stereocenters. The Morgan fingerprint density at radius 3 is 2.73 bits per heavy atom. The van der Waals surface area contributed by atoms with Gasteiger partial charge in [-0.25, -0.2) is 0 Å². The molecule has 0 aliphatic carbocycles. The first kappa shape index (κ1) is 9.83. The van der Waals surface area contributed by atoms with Crippen LogP contribution in [0.4, 0.5) is 5.69 Å². The lowest BCUT2D eigenvalue weighted by atomic mass is 10.2. The molecule has 3 heteroatoms. The minimum Gasteiger partial charge on any atom is -0.324 e. The quantitative estimate of drug-likeness (QED) is 0.378. The van der Waals surface area contributed by atoms with E-state index in [1.807, 2.05) is 18.2 Å². The van der Waals surface area contributed by atoms with Gasteiger partial charge in [0.15, 0.2) is 0 Å². The van der Waals surface area contributed by atoms with Crippen molar-refractivity contribution in [2.45, 2.75) is 0 Å². The van der Waals surface area contributed by atoms with Gasteiger partial charge in [-0.3, -0.25) is 5.84 Å². The number of benzene rings is 1. The van der Waals surface area contributed by atoms with Gasteiger partial charge in [0.2, 0.25) is 0 Å². The van der Waals surface area contributed by atoms with Crippen molar-refractivity contribution < 1.29 is 0 Å². The molecular formula is C8H9ClN2. The van der Waals surface area contributed by atoms with E-state index < -0.39 is 0 Å². The van der Waals surface area contributed by atoms with Crippen molar-refractivity contribution in [1.29, 1.82) is 0 Å². The van der Waals surface area contributed by atoms with Crippen LogP contribution in [0.25, 0.3) is 0 Å². The number of nitrogens with one attached hydrogen (secondary N) is 1. The number of anilines is 1. The Bertz CT molecular complexity index is 265. The molecule has 3 N–H and O–H groups in total. The number of hydrogen-bond acceptors (Lipinski definition) is 2. The summed E-state index contributed by atoms with van der Waals surface area (Å²) in [5.74, 6) is 7.66. The molecule has 58 valence electrons. The van der Waals surface area contributed by atoms with E-state index in [1.165, 1.54) is 0 Å². The largest absolute Gasteiger partial charge is 0.324 e. The number of hydrazine groups is 1. The third-order valence-corrected chi connectivity index (χ3v) is 1.20. The van der Waals surface area contributed by atoms with Crippen molar-refractivity contribution in [1.82, 2.24) is 0 Å². The predicted molar refractivity (Wildman–Crippen MR) is 49.4 cm³/mol. The Hall–Kier alpha value is -1.17. The Kier molecular flexibility index (Phi) is 4.12. The fourth-order valence-corrected chi connectivity index (χ4v) is 0.699. The van der Waals surface area contributed by atoms with E-state index in [4.69, 9.17) is 12.3 Å². The van der Waals surface area contributed by atoms with Crippen molar-refractivity contribution in [3.05, 3.63) is 29.8 Å². The van der Waals surface area contributed by atoms with Crippen LogP contribution in [-0.4, -0.2) is 0 Å². The smallest absolute Gasteiger partial charge is 0.0497 e. The monoisotopic (exact) mass is 168 g/mol. The number of nitrogens with two attached hydrogens (primary N) is 1. The summed E-state index contributed by atoms with van der Waals surface area (Å²) >= 11 is 0. The van der Waals surface area contributed by atoms with Crippen LogP contribution in [0.2, 0.25) is 0 Å². The van der Waals surface area contributed by atoms with E-state index in [0.717, 1.165) is 11.3 Å². The molecule has 0 atom stereocenters. The van der Waals surface area contributed by atoms with E-state index in [1.54, 1.807) is 6.07 Å². The van der Waals surface area contributed by atoms with E-state index in [0.29, 0.717) is 0 Å². The third-order valence-electron chi connectivity index (χ3n) is 1.20. The molecule has 1 aromatic carbocycles. The van der Waals surface area contributed by atoms with Crippen LogP contribution >= 0.6 is 12.4 Å². The van der Waals surface area contributed by atoms with Crippen LogP contribution < -0.4 is 11.3 Å². The zero-order chi connectivity index (χ0) is 7.40. The number of hydrogen-bond donors (Lipinski definition) is 2. The second-order valence-electron chi connectivity index (χ2n) is 1.87. The molecule has 0 fully saturated rings. The van der Waals surface area contributed by atoms with Crippen LogP contribution in [-0.2, 0) is 0 Å². The Morgan fingerprint density at radius 1 is 1.45 bits per heavy atom. The van der Waals surface area contributed by atoms with Crippen LogP contribution in [0.3, 0.4) is 0 Å². The van der Waals surface area contributed by atoms with Gasteiger partial charge in [0.1, 0.15) is 0 Å². The van der Waals surface area contributed by atoms with E-state index >= 15 is 0 Å². The van der Waals surface area contributed by atoms with Gasteiger partial charge < -0.3 is 5.43 Å². The van der Waals surface area contributed by atoms with E-state index in [9.17, 15) is 0 Å². The Morgan fingerprint density at radius 2 is 2.18 bits per heavy atom. The second-order valence-corrected chi connectivity index (χ2v) is 1.87. The minimum absolute atomic E-state index is 0. The van der Waals surface area contributed by atoms with Gasteiger partial charge in [-0.05, 0) is 18.2 Å². The van der Waals surface area contributed by atoms with Gasteiger partial charge >= 0.3 is 0 Å². The maximum atomic E-state index is 5.15. The predicted octanol–water partition coefficient (Wildman–Crippen LogP) is 1.38. The summed E-state index contributed by atoms with van der Waals surface area (Å²) < 4.78 is 0. The Labute approximate surface area is 72.2 Å². The zero-order valence-corrected chi connectivity index (χ0v) is 6.69. The normalized spacial score (nSPS) is 7.64. The van der Waals surface area contributed by atoms with E-state index in [-0.39, 0.29) is 12.4 Å². The molecular weight excluding hydrogens is 160 g/mol. The van der Waals surface area contributed by atoms with Gasteiger partial charge in [-0.2, -0.15) is 0 Å². The summed E-state index contributed by atoms with van der Waals surface area (Å²) in [6.07, 6.45) is 5.15. The van der Waals surface area contributed by atoms with Gasteiger partial charge in [0.25, 0.3) is 0 Å². The lowest BCUT2D eigenvalue weighted by Crippen LogP contribution is -2.06. The van der Waals surface area contributed by atoms with Crippen molar-refractivity contribution in [3.63, 3.8) is 0 Å². The lowest BCUT2D eigenvalue weighted by Gasteiger charge is -1.97. The van der Waals surface area contributed by atoms with Gasteiger partial charge in [-0.1, -0.05) is 12.0 Å². The number of rotatable bonds is 1. The molecule has 0 aromatic heterocycles. The summed E-state index contributed by atoms with van der Waals surface area (Å²) in [7, 11) is 0. The molecule has 1 rings (SSSR count). The molecule has 0 bridgehead atoms. The first-order valence-electron chi connectivity index (χ1n) is 2.90. The summed E-state index contributed by atoms with van der Waals surface area (Å²) in [6.45, 7) is 0. The molecule has 0 spiro atoms. The van der Waals surface area contributed by atoms with Crippen LogP contribution in [0, 0.1) is 12.3 Å². The number of nitrogen functional groups attached to an aromatic ring is 1. The molecule has 2 nitrogen and oxygen atoms in total. The van der Waals surface area contributed by atoms with Crippen LogP contribution in [0.1, 0.15) is 5.56 Å². The first-order chi connectivity index (χ1) is 4.86. The maximum Gasteiger partial charge on any atom is 0.0497 e. The summed E-state index contributed by atoms with van der Waals surface area (Å²) in [4.78, 5) is 0. The number of terminal acetylenes is 1. The molecule has 0 heterocycles. The van der Waals surface area contributed by atoms with Crippen molar-refractivity contribution in [2.75, 3.05) is 5.43 Å². The highest BCUT2D eigenvalue weighted by atomic mass is 35.5. The van der Waals surface area contributed by atoms with Gasteiger partial charge in [0.05, 0.1) is 0 Å². The minimum atomic E-state index is 0. The highest BCUT2D eigenvalue weighted by Crippen LogP contribution is 2.06. The summed E-state index contributed by atoms with van der Waals surface area (Å²) in [6, 6.07) is 7.35. The first-order valence-corrected chi connectivity index (χ1v) is 2.90. The average Bonchev–Trinajstić information content (AvgIpc) is 2.05. The van der Waals surface area contributed by atoms with Gasteiger partial charge in [-0.15, -0.1) is 18.8 Å². The zero-order valence-electron chi connectivity index (χ0n) is 5.87. The highest BCUT2D eigenvalue weighted by molar-refractivity contribution is 5.85. The van der Waals surface area contributed by atoms with Crippen molar-refractivity contribution in [2.24, 2.45) is 5.84 Å². The van der Waals surface area contributed by atoms with Gasteiger partial charge in [0, 0.05) is 11.3 Å². The lowest BCUT2D eigenvalue weighted by molar-refractivity contribution is 1.35. The highest BCUT2D eigenvalue weighted by Gasteiger charge is 1.87. The van der Waals surface area contributed by atoms with Crippen LogP contribution in [0.15, 0.2) is 24.3 Å². The summed E-state index contributed by atoms with van der Waals surface area (Å²) in [5, 5.41) is 0. The molecule has 0 aliphatic heterocycles. The third kappa shape index (κ3) is 2.50. The maximum absolute atomic E-state index is 5.15. The molecule has 0 amide bonds. The van der Waals surface area contributed by atoms with Crippen molar-refractivity contribution in [3.8, 4) is 12.3 Å². The number of halogens is 1. The molecule has 1 aromatic rings. The fraction of sp³-hybridized carbons (Fsp3) is 0. The van der Waals surface area contributed by atoms with Crippen LogP contribution in [0.5, 0.6) is 0 Å². The summed E-state index contributed by atoms with van der Waals surface area (Å²) in [5.41, 5.74) is 4.16. The second kappa shape index (κ2) is 4.62. The molecule has 0 radical (unpaired) electrons. The average molecular weight is 169 g/mol. The Balaban J connectivity index is 0.000001000. The van der Waals surface area contributed by atoms with E-state index in [2.05, 4.69) is 11.3 Å². The standard InChI is InChI=1S/C8H8N2.ClH/c1-2-7-4-3-5-8(6-7)10-9;/h1,3-6,10H,9H2;1H. The molecule has 11 heavy (non-hydrogen) atoms. The van der Waals surface area contributed by atoms with Crippen molar-refractivity contribution >= 4 is 18.1 Å². The molecule has 0 aliphatic rings.